The van der Waals surface area contributed by atoms with Gasteiger partial charge in [0.05, 0.1) is 6.20 Å². The minimum atomic E-state index is -0.239. The summed E-state index contributed by atoms with van der Waals surface area (Å²) in [6, 6.07) is 6.73. The van der Waals surface area contributed by atoms with Crippen molar-refractivity contribution in [2.75, 3.05) is 6.54 Å². The van der Waals surface area contributed by atoms with Gasteiger partial charge in [0.2, 0.25) is 0 Å². The SMILES string of the molecule is O=C(c1cnccn1)N(CCc1ccc(F)cc1)C1CCCC1. The Labute approximate surface area is 135 Å². The Bertz CT molecular complexity index is 639. The molecule has 5 heteroatoms. The van der Waals surface area contributed by atoms with Crippen molar-refractivity contribution >= 4 is 5.91 Å². The maximum Gasteiger partial charge on any atom is 0.274 e. The number of halogens is 1. The third-order valence-corrected chi connectivity index (χ3v) is 4.36. The molecule has 23 heavy (non-hydrogen) atoms. The van der Waals surface area contributed by atoms with E-state index in [9.17, 15) is 9.18 Å². The van der Waals surface area contributed by atoms with Gasteiger partial charge in [0.15, 0.2) is 0 Å². The van der Waals surface area contributed by atoms with E-state index in [1.54, 1.807) is 24.5 Å². The van der Waals surface area contributed by atoms with Gasteiger partial charge in [-0.15, -0.1) is 0 Å². The predicted octanol–water partition coefficient (Wildman–Crippen LogP) is 3.24. The van der Waals surface area contributed by atoms with Crippen LogP contribution in [0.2, 0.25) is 0 Å². The molecule has 1 aliphatic carbocycles. The van der Waals surface area contributed by atoms with Crippen LogP contribution in [0, 0.1) is 5.82 Å². The molecule has 1 aromatic carbocycles. The Hall–Kier alpha value is -2.30. The van der Waals surface area contributed by atoms with Crippen LogP contribution >= 0.6 is 0 Å². The molecule has 0 aliphatic heterocycles. The van der Waals surface area contributed by atoms with Gasteiger partial charge in [-0.25, -0.2) is 9.37 Å². The van der Waals surface area contributed by atoms with Crippen LogP contribution < -0.4 is 0 Å². The van der Waals surface area contributed by atoms with E-state index < -0.39 is 0 Å². The maximum atomic E-state index is 13.0. The van der Waals surface area contributed by atoms with E-state index in [2.05, 4.69) is 9.97 Å². The van der Waals surface area contributed by atoms with E-state index in [4.69, 9.17) is 0 Å². The Balaban J connectivity index is 1.73. The van der Waals surface area contributed by atoms with Crippen LogP contribution in [0.15, 0.2) is 42.9 Å². The number of hydrogen-bond acceptors (Lipinski definition) is 3. The molecule has 1 saturated carbocycles. The first-order valence-corrected chi connectivity index (χ1v) is 8.05. The summed E-state index contributed by atoms with van der Waals surface area (Å²) in [5.41, 5.74) is 1.42. The summed E-state index contributed by atoms with van der Waals surface area (Å²) in [5, 5.41) is 0. The summed E-state index contributed by atoms with van der Waals surface area (Å²) >= 11 is 0. The number of carbonyl (C=O) groups is 1. The van der Waals surface area contributed by atoms with Crippen LogP contribution in [0.4, 0.5) is 4.39 Å². The molecule has 0 saturated heterocycles. The highest BCUT2D eigenvalue weighted by molar-refractivity contribution is 5.92. The number of hydrogen-bond donors (Lipinski definition) is 0. The lowest BCUT2D eigenvalue weighted by Gasteiger charge is -2.28. The summed E-state index contributed by atoms with van der Waals surface area (Å²) in [6.07, 6.45) is 9.72. The molecule has 2 aromatic rings. The van der Waals surface area contributed by atoms with E-state index in [1.165, 1.54) is 18.3 Å². The van der Waals surface area contributed by atoms with Crippen molar-refractivity contribution in [1.82, 2.24) is 14.9 Å². The Morgan fingerprint density at radius 2 is 1.91 bits per heavy atom. The van der Waals surface area contributed by atoms with Crippen molar-refractivity contribution in [2.45, 2.75) is 38.1 Å². The van der Waals surface area contributed by atoms with Crippen molar-refractivity contribution < 1.29 is 9.18 Å². The average Bonchev–Trinajstić information content (AvgIpc) is 3.12. The molecule has 0 spiro atoms. The van der Waals surface area contributed by atoms with Crippen LogP contribution in [0.3, 0.4) is 0 Å². The van der Waals surface area contributed by atoms with Crippen molar-refractivity contribution in [3.8, 4) is 0 Å². The lowest BCUT2D eigenvalue weighted by molar-refractivity contribution is 0.0677. The van der Waals surface area contributed by atoms with Gasteiger partial charge >= 0.3 is 0 Å². The molecule has 120 valence electrons. The van der Waals surface area contributed by atoms with Crippen LogP contribution in [-0.2, 0) is 6.42 Å². The number of benzene rings is 1. The zero-order valence-electron chi connectivity index (χ0n) is 13.0. The molecule has 1 heterocycles. The third kappa shape index (κ3) is 3.92. The van der Waals surface area contributed by atoms with Crippen molar-refractivity contribution in [3.63, 3.8) is 0 Å². The van der Waals surface area contributed by atoms with Crippen LogP contribution in [0.1, 0.15) is 41.7 Å². The average molecular weight is 313 g/mol. The van der Waals surface area contributed by atoms with Crippen molar-refractivity contribution in [2.24, 2.45) is 0 Å². The molecular weight excluding hydrogens is 293 g/mol. The van der Waals surface area contributed by atoms with Gasteiger partial charge in [-0.05, 0) is 37.0 Å². The van der Waals surface area contributed by atoms with Crippen LogP contribution in [-0.4, -0.2) is 33.4 Å². The summed E-state index contributed by atoms with van der Waals surface area (Å²) in [7, 11) is 0. The molecule has 1 aromatic heterocycles. The van der Waals surface area contributed by atoms with Gasteiger partial charge in [-0.2, -0.15) is 0 Å². The fraction of sp³-hybridized carbons (Fsp3) is 0.389. The van der Waals surface area contributed by atoms with Gasteiger partial charge < -0.3 is 4.90 Å². The molecule has 0 atom stereocenters. The van der Waals surface area contributed by atoms with E-state index >= 15 is 0 Å². The number of aromatic nitrogens is 2. The maximum absolute atomic E-state index is 13.0. The number of nitrogens with zero attached hydrogens (tertiary/aromatic N) is 3. The quantitative estimate of drug-likeness (QED) is 0.851. The predicted molar refractivity (Wildman–Crippen MR) is 85.4 cm³/mol. The van der Waals surface area contributed by atoms with Gasteiger partial charge in [0, 0.05) is 25.0 Å². The first kappa shape index (κ1) is 15.6. The zero-order valence-corrected chi connectivity index (χ0v) is 13.0. The second-order valence-electron chi connectivity index (χ2n) is 5.90. The molecule has 1 fully saturated rings. The summed E-state index contributed by atoms with van der Waals surface area (Å²) in [6.45, 7) is 0.617. The van der Waals surface area contributed by atoms with Gasteiger partial charge in [-0.3, -0.25) is 9.78 Å². The number of amides is 1. The van der Waals surface area contributed by atoms with Crippen molar-refractivity contribution in [1.29, 1.82) is 0 Å². The minimum Gasteiger partial charge on any atom is -0.334 e. The summed E-state index contributed by atoms with van der Waals surface area (Å²) in [4.78, 5) is 22.8. The van der Waals surface area contributed by atoms with Gasteiger partial charge in [0.25, 0.3) is 5.91 Å². The lowest BCUT2D eigenvalue weighted by atomic mass is 10.1. The Morgan fingerprint density at radius 1 is 1.17 bits per heavy atom. The lowest BCUT2D eigenvalue weighted by Crippen LogP contribution is -2.40. The topological polar surface area (TPSA) is 46.1 Å². The van der Waals surface area contributed by atoms with Crippen molar-refractivity contribution in [3.05, 3.63) is 59.9 Å². The van der Waals surface area contributed by atoms with E-state index in [0.29, 0.717) is 18.7 Å². The summed E-state index contributed by atoms with van der Waals surface area (Å²) < 4.78 is 13.0. The molecule has 0 radical (unpaired) electrons. The van der Waals surface area contributed by atoms with Crippen LogP contribution in [0.5, 0.6) is 0 Å². The summed E-state index contributed by atoms with van der Waals surface area (Å²) in [5.74, 6) is -0.302. The Kier molecular flexibility index (Phi) is 4.95. The largest absolute Gasteiger partial charge is 0.334 e. The van der Waals surface area contributed by atoms with Gasteiger partial charge in [0.1, 0.15) is 11.5 Å². The molecule has 4 nitrogen and oxygen atoms in total. The smallest absolute Gasteiger partial charge is 0.274 e. The first-order valence-electron chi connectivity index (χ1n) is 8.05. The molecule has 0 bridgehead atoms. The number of carbonyl (C=O) groups excluding carboxylic acids is 1. The van der Waals surface area contributed by atoms with E-state index in [1.807, 2.05) is 4.90 Å². The molecule has 3 rings (SSSR count). The molecule has 1 aliphatic rings. The minimum absolute atomic E-state index is 0.0629. The normalized spacial score (nSPS) is 14.8. The first-order chi connectivity index (χ1) is 11.2. The fourth-order valence-corrected chi connectivity index (χ4v) is 3.12. The molecule has 0 N–H and O–H groups in total. The molecule has 1 amide bonds. The standard InChI is InChI=1S/C18H20FN3O/c19-15-7-5-14(6-8-15)9-12-22(16-3-1-2-4-16)18(23)17-13-20-10-11-21-17/h5-8,10-11,13,16H,1-4,9,12H2. The highest BCUT2D eigenvalue weighted by atomic mass is 19.1. The zero-order chi connectivity index (χ0) is 16.1. The second-order valence-corrected chi connectivity index (χ2v) is 5.90. The monoisotopic (exact) mass is 313 g/mol. The highest BCUT2D eigenvalue weighted by Crippen LogP contribution is 2.25. The second kappa shape index (κ2) is 7.31. The third-order valence-electron chi connectivity index (χ3n) is 4.36. The number of rotatable bonds is 5. The van der Waals surface area contributed by atoms with Gasteiger partial charge in [-0.1, -0.05) is 25.0 Å². The fourth-order valence-electron chi connectivity index (χ4n) is 3.12. The van der Waals surface area contributed by atoms with E-state index in [0.717, 1.165) is 31.2 Å². The van der Waals surface area contributed by atoms with E-state index in [-0.39, 0.29) is 17.8 Å². The Morgan fingerprint density at radius 3 is 2.57 bits per heavy atom. The highest BCUT2D eigenvalue weighted by Gasteiger charge is 2.27. The van der Waals surface area contributed by atoms with Crippen LogP contribution in [0.25, 0.3) is 0 Å². The molecular formula is C18H20FN3O. The molecule has 0 unspecified atom stereocenters.